The van der Waals surface area contributed by atoms with Crippen molar-refractivity contribution in [3.63, 3.8) is 0 Å². The second-order valence-corrected chi connectivity index (χ2v) is 9.38. The number of benzene rings is 2. The molecule has 1 saturated carbocycles. The molecule has 32 heavy (non-hydrogen) atoms. The molecule has 0 unspecified atom stereocenters. The van der Waals surface area contributed by atoms with Gasteiger partial charge >= 0.3 is 0 Å². The molecule has 6 rings (SSSR count). The number of rotatable bonds is 3. The fourth-order valence-electron chi connectivity index (χ4n) is 6.31. The molecule has 4 aliphatic rings. The van der Waals surface area contributed by atoms with Gasteiger partial charge in [-0.1, -0.05) is 79.9 Å². The quantitative estimate of drug-likeness (QED) is 0.548. The van der Waals surface area contributed by atoms with E-state index in [4.69, 9.17) is 0 Å². The molecule has 3 aliphatic heterocycles. The number of para-hydroxylation sites is 1. The summed E-state index contributed by atoms with van der Waals surface area (Å²) in [5.41, 5.74) is 2.52. The highest BCUT2D eigenvalue weighted by atomic mass is 16.2. The van der Waals surface area contributed by atoms with Crippen molar-refractivity contribution in [3.05, 3.63) is 71.8 Å². The summed E-state index contributed by atoms with van der Waals surface area (Å²) in [6, 6.07) is 16.1. The standard InChI is InChI=1S/C27H26N2O3/c30-25(18-10-3-1-4-11-18)24-23-22(21-16-15-17-9-7-8-14-20(17)29(21)24)26(31)28(27(23)32)19-12-5-2-6-13-19/h1,3-4,7-11,14-16,19,21-24H,2,5-6,12-13H2/t21-,22-,23+,24-/m0/s1. The SMILES string of the molecule is O=C(c1ccccc1)[C@@H]1[C@@H]2C(=O)N(C3CCCCC3)C(=O)[C@H]2[C@@H]2C=Cc3ccccc3N12. The molecular weight excluding hydrogens is 400 g/mol. The summed E-state index contributed by atoms with van der Waals surface area (Å²) in [6.07, 6.45) is 9.06. The van der Waals surface area contributed by atoms with E-state index >= 15 is 0 Å². The molecule has 0 bridgehead atoms. The van der Waals surface area contributed by atoms with Gasteiger partial charge in [-0.15, -0.1) is 0 Å². The van der Waals surface area contributed by atoms with Gasteiger partial charge in [0.05, 0.1) is 17.9 Å². The van der Waals surface area contributed by atoms with Crippen LogP contribution in [0.4, 0.5) is 5.69 Å². The first-order valence-electron chi connectivity index (χ1n) is 11.7. The molecule has 2 aromatic rings. The van der Waals surface area contributed by atoms with Crippen LogP contribution in [0.3, 0.4) is 0 Å². The molecule has 162 valence electrons. The Morgan fingerprint density at radius 3 is 2.28 bits per heavy atom. The molecule has 1 aliphatic carbocycles. The van der Waals surface area contributed by atoms with Crippen LogP contribution in [0.25, 0.3) is 6.08 Å². The Hall–Kier alpha value is -3.21. The predicted octanol–water partition coefficient (Wildman–Crippen LogP) is 4.09. The first-order valence-corrected chi connectivity index (χ1v) is 11.7. The molecule has 2 saturated heterocycles. The molecule has 5 nitrogen and oxygen atoms in total. The van der Waals surface area contributed by atoms with Crippen molar-refractivity contribution in [1.29, 1.82) is 0 Å². The van der Waals surface area contributed by atoms with Crippen LogP contribution in [0.5, 0.6) is 0 Å². The van der Waals surface area contributed by atoms with Gasteiger partial charge in [-0.25, -0.2) is 0 Å². The van der Waals surface area contributed by atoms with Crippen molar-refractivity contribution in [2.75, 3.05) is 4.90 Å². The number of anilines is 1. The summed E-state index contributed by atoms with van der Waals surface area (Å²) in [6.45, 7) is 0. The van der Waals surface area contributed by atoms with E-state index < -0.39 is 17.9 Å². The van der Waals surface area contributed by atoms with Gasteiger partial charge in [-0.3, -0.25) is 19.3 Å². The van der Waals surface area contributed by atoms with E-state index in [9.17, 15) is 14.4 Å². The molecule has 0 radical (unpaired) electrons. The van der Waals surface area contributed by atoms with Gasteiger partial charge in [-0.2, -0.15) is 0 Å². The largest absolute Gasteiger partial charge is 0.352 e. The highest BCUT2D eigenvalue weighted by Crippen LogP contribution is 2.50. The molecule has 2 amide bonds. The molecule has 0 aromatic heterocycles. The monoisotopic (exact) mass is 426 g/mol. The van der Waals surface area contributed by atoms with Crippen LogP contribution in [0.1, 0.15) is 48.0 Å². The molecule has 5 heteroatoms. The van der Waals surface area contributed by atoms with Crippen LogP contribution in [0.2, 0.25) is 0 Å². The molecule has 4 atom stereocenters. The van der Waals surface area contributed by atoms with Crippen molar-refractivity contribution in [3.8, 4) is 0 Å². The lowest BCUT2D eigenvalue weighted by Crippen LogP contribution is -2.51. The van der Waals surface area contributed by atoms with Gasteiger partial charge in [0.2, 0.25) is 11.8 Å². The van der Waals surface area contributed by atoms with Crippen LogP contribution in [0, 0.1) is 11.8 Å². The lowest BCUT2D eigenvalue weighted by molar-refractivity contribution is -0.143. The third kappa shape index (κ3) is 2.73. The minimum absolute atomic E-state index is 0.0184. The number of hydrogen-bond donors (Lipinski definition) is 0. The molecular formula is C27H26N2O3. The number of amides is 2. The average Bonchev–Trinajstić information content (AvgIpc) is 3.32. The fraction of sp³-hybridized carbons (Fsp3) is 0.370. The Balaban J connectivity index is 1.46. The highest BCUT2D eigenvalue weighted by molar-refractivity contribution is 6.14. The number of carbonyl (C=O) groups excluding carboxylic acids is 3. The maximum Gasteiger partial charge on any atom is 0.236 e. The van der Waals surface area contributed by atoms with Crippen LogP contribution >= 0.6 is 0 Å². The van der Waals surface area contributed by atoms with Crippen molar-refractivity contribution in [2.24, 2.45) is 11.8 Å². The number of hydrogen-bond acceptors (Lipinski definition) is 4. The number of ketones is 1. The van der Waals surface area contributed by atoms with Crippen molar-refractivity contribution < 1.29 is 14.4 Å². The molecule has 2 aromatic carbocycles. The van der Waals surface area contributed by atoms with E-state index in [1.54, 1.807) is 17.0 Å². The van der Waals surface area contributed by atoms with E-state index in [1.165, 1.54) is 0 Å². The number of Topliss-reactive ketones (excluding diaryl/α,β-unsaturated/α-hetero) is 1. The first-order chi connectivity index (χ1) is 15.7. The average molecular weight is 427 g/mol. The van der Waals surface area contributed by atoms with E-state index in [0.717, 1.165) is 43.4 Å². The number of likely N-dealkylation sites (tertiary alicyclic amines) is 1. The second-order valence-electron chi connectivity index (χ2n) is 9.38. The third-order valence-electron chi connectivity index (χ3n) is 7.72. The van der Waals surface area contributed by atoms with Gasteiger partial charge in [0.1, 0.15) is 6.04 Å². The van der Waals surface area contributed by atoms with Crippen LogP contribution in [-0.2, 0) is 9.59 Å². The zero-order valence-corrected chi connectivity index (χ0v) is 17.9. The lowest BCUT2D eigenvalue weighted by atomic mass is 9.86. The third-order valence-corrected chi connectivity index (χ3v) is 7.72. The van der Waals surface area contributed by atoms with Crippen LogP contribution in [-0.4, -0.2) is 40.6 Å². The number of nitrogens with zero attached hydrogens (tertiary/aromatic N) is 2. The Morgan fingerprint density at radius 1 is 0.812 bits per heavy atom. The Bertz CT molecular complexity index is 1120. The highest BCUT2D eigenvalue weighted by Gasteiger charge is 2.64. The summed E-state index contributed by atoms with van der Waals surface area (Å²) in [7, 11) is 0. The van der Waals surface area contributed by atoms with Crippen molar-refractivity contribution in [1.82, 2.24) is 4.90 Å². The summed E-state index contributed by atoms with van der Waals surface area (Å²) < 4.78 is 0. The Kier molecular flexibility index (Phi) is 4.53. The van der Waals surface area contributed by atoms with Crippen molar-refractivity contribution in [2.45, 2.75) is 50.2 Å². The smallest absolute Gasteiger partial charge is 0.236 e. The minimum Gasteiger partial charge on any atom is -0.352 e. The number of carbonyl (C=O) groups is 3. The Morgan fingerprint density at radius 2 is 1.50 bits per heavy atom. The van der Waals surface area contributed by atoms with Gasteiger partial charge in [0, 0.05) is 17.3 Å². The molecule has 0 spiro atoms. The minimum atomic E-state index is -0.677. The zero-order chi connectivity index (χ0) is 21.8. The maximum absolute atomic E-state index is 13.8. The number of imide groups is 1. The van der Waals surface area contributed by atoms with E-state index in [-0.39, 0.29) is 29.7 Å². The van der Waals surface area contributed by atoms with Crippen LogP contribution < -0.4 is 4.90 Å². The normalized spacial score (nSPS) is 29.1. The Labute approximate surface area is 187 Å². The topological polar surface area (TPSA) is 57.7 Å². The van der Waals surface area contributed by atoms with E-state index in [2.05, 4.69) is 0 Å². The fourth-order valence-corrected chi connectivity index (χ4v) is 6.31. The zero-order valence-electron chi connectivity index (χ0n) is 17.9. The summed E-state index contributed by atoms with van der Waals surface area (Å²) in [4.78, 5) is 44.9. The van der Waals surface area contributed by atoms with Crippen molar-refractivity contribution >= 4 is 29.4 Å². The molecule has 0 N–H and O–H groups in total. The lowest BCUT2D eigenvalue weighted by Gasteiger charge is -2.38. The predicted molar refractivity (Wildman–Crippen MR) is 122 cm³/mol. The summed E-state index contributed by atoms with van der Waals surface area (Å²) >= 11 is 0. The molecule has 3 heterocycles. The summed E-state index contributed by atoms with van der Waals surface area (Å²) in [5, 5.41) is 0. The van der Waals surface area contributed by atoms with Crippen LogP contribution in [0.15, 0.2) is 60.7 Å². The van der Waals surface area contributed by atoms with E-state index in [1.807, 2.05) is 59.5 Å². The van der Waals surface area contributed by atoms with Gasteiger partial charge in [-0.05, 0) is 24.5 Å². The van der Waals surface area contributed by atoms with Gasteiger partial charge < -0.3 is 4.90 Å². The van der Waals surface area contributed by atoms with E-state index in [0.29, 0.717) is 5.56 Å². The van der Waals surface area contributed by atoms with Gasteiger partial charge in [0.25, 0.3) is 0 Å². The maximum atomic E-state index is 13.8. The summed E-state index contributed by atoms with van der Waals surface area (Å²) in [5.74, 6) is -1.47. The second kappa shape index (κ2) is 7.44. The molecule has 3 fully saturated rings. The van der Waals surface area contributed by atoms with Gasteiger partial charge in [0.15, 0.2) is 5.78 Å². The number of fused-ring (bicyclic) bond motifs is 5. The first kappa shape index (κ1) is 19.5.